The van der Waals surface area contributed by atoms with E-state index in [4.69, 9.17) is 27.9 Å². The summed E-state index contributed by atoms with van der Waals surface area (Å²) in [6.45, 7) is 2.73. The Hall–Kier alpha value is -1.22. The topological polar surface area (TPSA) is 21.3 Å². The van der Waals surface area contributed by atoms with E-state index in [1.165, 1.54) is 0 Å². The number of methoxy groups -OCH3 is 1. The maximum atomic E-state index is 6.22. The molecule has 4 heteroatoms. The number of hydrogen-bond donors (Lipinski definition) is 1. The van der Waals surface area contributed by atoms with Crippen molar-refractivity contribution in [1.29, 1.82) is 0 Å². The van der Waals surface area contributed by atoms with Gasteiger partial charge in [0, 0.05) is 33.8 Å². The molecule has 0 saturated carbocycles. The molecule has 0 saturated heterocycles. The summed E-state index contributed by atoms with van der Waals surface area (Å²) in [5.74, 6) is 0.873. The number of hydrogen-bond acceptors (Lipinski definition) is 2. The molecule has 2 aromatic carbocycles. The molecule has 1 N–H and O–H groups in total. The van der Waals surface area contributed by atoms with Crippen molar-refractivity contribution in [3.05, 3.63) is 63.6 Å². The van der Waals surface area contributed by atoms with Crippen molar-refractivity contribution in [3.8, 4) is 5.75 Å². The molecule has 20 heavy (non-hydrogen) atoms. The zero-order valence-electron chi connectivity index (χ0n) is 11.5. The van der Waals surface area contributed by atoms with E-state index in [2.05, 4.69) is 5.32 Å². The highest BCUT2D eigenvalue weighted by Crippen LogP contribution is 2.30. The zero-order valence-corrected chi connectivity index (χ0v) is 13.0. The molecule has 0 fully saturated rings. The van der Waals surface area contributed by atoms with Crippen LogP contribution in [0.15, 0.2) is 42.5 Å². The molecular weight excluding hydrogens is 293 g/mol. The molecule has 0 radical (unpaired) electrons. The van der Waals surface area contributed by atoms with E-state index in [0.29, 0.717) is 16.6 Å². The van der Waals surface area contributed by atoms with Crippen molar-refractivity contribution in [2.45, 2.75) is 19.5 Å². The van der Waals surface area contributed by atoms with Crippen molar-refractivity contribution in [2.24, 2.45) is 0 Å². The van der Waals surface area contributed by atoms with Crippen molar-refractivity contribution in [2.75, 3.05) is 7.11 Å². The largest absolute Gasteiger partial charge is 0.496 e. The normalized spacial score (nSPS) is 12.2. The van der Waals surface area contributed by atoms with Gasteiger partial charge in [0.15, 0.2) is 0 Å². The second kappa shape index (κ2) is 6.98. The third kappa shape index (κ3) is 3.45. The molecule has 0 aromatic heterocycles. The molecule has 2 rings (SSSR count). The summed E-state index contributed by atoms with van der Waals surface area (Å²) in [5.41, 5.74) is 2.02. The van der Waals surface area contributed by atoms with Crippen molar-refractivity contribution < 1.29 is 4.74 Å². The Bertz CT molecular complexity index is 566. The lowest BCUT2D eigenvalue weighted by Gasteiger charge is -2.18. The van der Waals surface area contributed by atoms with Gasteiger partial charge in [0.05, 0.1) is 7.11 Å². The summed E-state index contributed by atoms with van der Waals surface area (Å²) in [6, 6.07) is 13.5. The lowest BCUT2D eigenvalue weighted by atomic mass is 10.1. The number of halogens is 2. The predicted octanol–water partition coefficient (Wildman–Crippen LogP) is 4.85. The minimum atomic E-state index is 0.0566. The van der Waals surface area contributed by atoms with Crippen molar-refractivity contribution in [1.82, 2.24) is 5.32 Å². The molecule has 2 aromatic rings. The predicted molar refractivity (Wildman–Crippen MR) is 84.7 cm³/mol. The summed E-state index contributed by atoms with van der Waals surface area (Å²) >= 11 is 12.4. The van der Waals surface area contributed by atoms with E-state index < -0.39 is 0 Å². The van der Waals surface area contributed by atoms with E-state index in [9.17, 15) is 0 Å². The first-order valence-corrected chi connectivity index (χ1v) is 7.18. The molecule has 0 spiro atoms. The van der Waals surface area contributed by atoms with Gasteiger partial charge < -0.3 is 10.1 Å². The van der Waals surface area contributed by atoms with Crippen LogP contribution in [0.5, 0.6) is 5.75 Å². The van der Waals surface area contributed by atoms with Crippen LogP contribution in [0.4, 0.5) is 0 Å². The lowest BCUT2D eigenvalue weighted by molar-refractivity contribution is 0.406. The molecule has 0 aliphatic rings. The molecule has 0 aliphatic heterocycles. The Balaban J connectivity index is 2.11. The molecule has 2 nitrogen and oxygen atoms in total. The zero-order chi connectivity index (χ0) is 14.5. The summed E-state index contributed by atoms with van der Waals surface area (Å²) in [6.07, 6.45) is 0. The van der Waals surface area contributed by atoms with Gasteiger partial charge in [-0.05, 0) is 25.1 Å². The number of ether oxygens (including phenoxy) is 1. The first-order valence-electron chi connectivity index (χ1n) is 6.42. The first-order chi connectivity index (χ1) is 9.63. The fourth-order valence-corrected chi connectivity index (χ4v) is 2.86. The summed E-state index contributed by atoms with van der Waals surface area (Å²) in [5, 5.41) is 4.78. The third-order valence-corrected chi connectivity index (χ3v) is 3.88. The van der Waals surface area contributed by atoms with Crippen LogP contribution in [-0.4, -0.2) is 7.11 Å². The van der Waals surface area contributed by atoms with Gasteiger partial charge in [0.2, 0.25) is 0 Å². The second-order valence-electron chi connectivity index (χ2n) is 4.55. The van der Waals surface area contributed by atoms with Gasteiger partial charge in [-0.25, -0.2) is 0 Å². The van der Waals surface area contributed by atoms with E-state index in [1.54, 1.807) is 7.11 Å². The number of nitrogens with one attached hydrogen (secondary N) is 1. The van der Waals surface area contributed by atoms with Crippen LogP contribution in [0.25, 0.3) is 0 Å². The number of benzene rings is 2. The molecule has 1 atom stereocenters. The number of rotatable bonds is 5. The number of para-hydroxylation sites is 1. The standard InChI is InChI=1S/C16H17Cl2NO/c1-11(16-13(17)7-5-8-14(16)18)19-10-12-6-3-4-9-15(12)20-2/h3-9,11,19H,10H2,1-2H3. The van der Waals surface area contributed by atoms with Crippen LogP contribution < -0.4 is 10.1 Å². The van der Waals surface area contributed by atoms with Crippen molar-refractivity contribution >= 4 is 23.2 Å². The Kier molecular flexibility index (Phi) is 5.30. The Morgan fingerprint density at radius 1 is 1.05 bits per heavy atom. The summed E-state index contributed by atoms with van der Waals surface area (Å²) in [7, 11) is 1.67. The lowest BCUT2D eigenvalue weighted by Crippen LogP contribution is -2.19. The highest BCUT2D eigenvalue weighted by Gasteiger charge is 2.13. The smallest absolute Gasteiger partial charge is 0.123 e. The van der Waals surface area contributed by atoms with Gasteiger partial charge in [-0.15, -0.1) is 0 Å². The molecule has 0 amide bonds. The minimum Gasteiger partial charge on any atom is -0.496 e. The maximum Gasteiger partial charge on any atom is 0.123 e. The quantitative estimate of drug-likeness (QED) is 0.852. The molecule has 106 valence electrons. The van der Waals surface area contributed by atoms with Crippen LogP contribution in [0.3, 0.4) is 0 Å². The highest BCUT2D eigenvalue weighted by atomic mass is 35.5. The highest BCUT2D eigenvalue weighted by molar-refractivity contribution is 6.36. The molecule has 0 heterocycles. The van der Waals surface area contributed by atoms with Crippen LogP contribution in [-0.2, 0) is 6.54 Å². The van der Waals surface area contributed by atoms with E-state index in [1.807, 2.05) is 49.4 Å². The fourth-order valence-electron chi connectivity index (χ4n) is 2.14. The molecule has 0 bridgehead atoms. The third-order valence-electron chi connectivity index (χ3n) is 3.22. The van der Waals surface area contributed by atoms with Gasteiger partial charge in [-0.2, -0.15) is 0 Å². The Morgan fingerprint density at radius 2 is 1.70 bits per heavy atom. The molecular formula is C16H17Cl2NO. The Morgan fingerprint density at radius 3 is 2.35 bits per heavy atom. The van der Waals surface area contributed by atoms with Crippen LogP contribution in [0.1, 0.15) is 24.1 Å². The fraction of sp³-hybridized carbons (Fsp3) is 0.250. The van der Waals surface area contributed by atoms with Gasteiger partial charge in [0.1, 0.15) is 5.75 Å². The van der Waals surface area contributed by atoms with Crippen LogP contribution in [0, 0.1) is 0 Å². The second-order valence-corrected chi connectivity index (χ2v) is 5.36. The van der Waals surface area contributed by atoms with E-state index in [0.717, 1.165) is 16.9 Å². The van der Waals surface area contributed by atoms with Gasteiger partial charge in [0.25, 0.3) is 0 Å². The van der Waals surface area contributed by atoms with Gasteiger partial charge in [-0.3, -0.25) is 0 Å². The van der Waals surface area contributed by atoms with E-state index >= 15 is 0 Å². The van der Waals surface area contributed by atoms with Crippen molar-refractivity contribution in [3.63, 3.8) is 0 Å². The van der Waals surface area contributed by atoms with E-state index in [-0.39, 0.29) is 6.04 Å². The molecule has 0 aliphatic carbocycles. The summed E-state index contributed by atoms with van der Waals surface area (Å²) in [4.78, 5) is 0. The SMILES string of the molecule is COc1ccccc1CNC(C)c1c(Cl)cccc1Cl. The molecule has 1 unspecified atom stereocenters. The van der Waals surface area contributed by atoms with Gasteiger partial charge >= 0.3 is 0 Å². The van der Waals surface area contributed by atoms with Gasteiger partial charge in [-0.1, -0.05) is 47.5 Å². The van der Waals surface area contributed by atoms with Crippen LogP contribution >= 0.6 is 23.2 Å². The first kappa shape index (κ1) is 15.2. The average Bonchev–Trinajstić information content (AvgIpc) is 2.45. The average molecular weight is 310 g/mol. The monoisotopic (exact) mass is 309 g/mol. The summed E-state index contributed by atoms with van der Waals surface area (Å²) < 4.78 is 5.34. The maximum absolute atomic E-state index is 6.22. The Labute approximate surface area is 129 Å². The van der Waals surface area contributed by atoms with Crippen LogP contribution in [0.2, 0.25) is 10.0 Å². The minimum absolute atomic E-state index is 0.0566.